The van der Waals surface area contributed by atoms with Crippen molar-refractivity contribution in [2.75, 3.05) is 19.5 Å². The van der Waals surface area contributed by atoms with Crippen LogP contribution >= 0.6 is 11.8 Å². The number of nitrogens with zero attached hydrogens (tertiary/aromatic N) is 4. The third-order valence-electron chi connectivity index (χ3n) is 6.99. The number of ether oxygens (including phenoxy) is 1. The summed E-state index contributed by atoms with van der Waals surface area (Å²) in [5.41, 5.74) is 4.46. The van der Waals surface area contributed by atoms with Crippen molar-refractivity contribution >= 4 is 33.4 Å². The molecule has 0 aliphatic carbocycles. The molecule has 37 heavy (non-hydrogen) atoms. The average Bonchev–Trinajstić information content (AvgIpc) is 2.95. The first-order chi connectivity index (χ1) is 18.1. The first kappa shape index (κ1) is 23.8. The minimum absolute atomic E-state index is 0.141. The van der Waals surface area contributed by atoms with E-state index in [4.69, 9.17) is 4.74 Å². The predicted molar refractivity (Wildman–Crippen MR) is 146 cm³/mol. The van der Waals surface area contributed by atoms with Gasteiger partial charge in [0, 0.05) is 30.0 Å². The fourth-order valence-electron chi connectivity index (χ4n) is 5.04. The Morgan fingerprint density at radius 3 is 2.62 bits per heavy atom. The SMILES string of the molecule is CSc1ccc(-c2ccc(Cc3cc4c(=O)n([C@H]5CCOC[C@@H]5O)cnc4c4ccccc34)cn2)cn1. The van der Waals surface area contributed by atoms with Crippen molar-refractivity contribution in [3.8, 4) is 11.3 Å². The van der Waals surface area contributed by atoms with E-state index < -0.39 is 6.10 Å². The Labute approximate surface area is 218 Å². The maximum absolute atomic E-state index is 13.6. The number of aliphatic hydroxyl groups excluding tert-OH is 1. The molecule has 2 aromatic carbocycles. The highest BCUT2D eigenvalue weighted by Gasteiger charge is 2.27. The van der Waals surface area contributed by atoms with Gasteiger partial charge in [0.15, 0.2) is 0 Å². The lowest BCUT2D eigenvalue weighted by atomic mass is 9.96. The third-order valence-corrected chi connectivity index (χ3v) is 7.65. The van der Waals surface area contributed by atoms with Crippen LogP contribution in [-0.4, -0.2) is 50.2 Å². The average molecular weight is 511 g/mol. The highest BCUT2D eigenvalue weighted by atomic mass is 32.2. The molecule has 1 saturated heterocycles. The Hall–Kier alpha value is -3.59. The predicted octanol–water partition coefficient (Wildman–Crippen LogP) is 4.64. The van der Waals surface area contributed by atoms with Crippen LogP contribution in [0.25, 0.3) is 32.9 Å². The van der Waals surface area contributed by atoms with Gasteiger partial charge in [0.05, 0.1) is 46.7 Å². The first-order valence-corrected chi connectivity index (χ1v) is 13.5. The van der Waals surface area contributed by atoms with E-state index in [9.17, 15) is 9.90 Å². The monoisotopic (exact) mass is 510 g/mol. The second-order valence-corrected chi connectivity index (χ2v) is 10.1. The summed E-state index contributed by atoms with van der Waals surface area (Å²) in [7, 11) is 0. The summed E-state index contributed by atoms with van der Waals surface area (Å²) in [5, 5.41) is 14.0. The highest BCUT2D eigenvalue weighted by Crippen LogP contribution is 2.29. The first-order valence-electron chi connectivity index (χ1n) is 12.2. The molecule has 8 heteroatoms. The van der Waals surface area contributed by atoms with Gasteiger partial charge in [-0.1, -0.05) is 30.3 Å². The van der Waals surface area contributed by atoms with Crippen LogP contribution in [0.5, 0.6) is 0 Å². The number of fused-ring (bicyclic) bond motifs is 3. The molecule has 6 rings (SSSR count). The molecule has 0 radical (unpaired) electrons. The van der Waals surface area contributed by atoms with Crippen molar-refractivity contribution in [1.82, 2.24) is 19.5 Å². The van der Waals surface area contributed by atoms with Gasteiger partial charge in [-0.25, -0.2) is 9.97 Å². The molecule has 0 spiro atoms. The van der Waals surface area contributed by atoms with E-state index in [1.165, 1.54) is 0 Å². The number of hydrogen-bond donors (Lipinski definition) is 1. The Balaban J connectivity index is 1.39. The number of benzene rings is 2. The van der Waals surface area contributed by atoms with Gasteiger partial charge >= 0.3 is 0 Å². The van der Waals surface area contributed by atoms with Crippen molar-refractivity contribution < 1.29 is 9.84 Å². The van der Waals surface area contributed by atoms with Crippen molar-refractivity contribution in [1.29, 1.82) is 0 Å². The summed E-state index contributed by atoms with van der Waals surface area (Å²) >= 11 is 1.61. The lowest BCUT2D eigenvalue weighted by Crippen LogP contribution is -2.39. The van der Waals surface area contributed by atoms with Gasteiger partial charge in [-0.15, -0.1) is 11.8 Å². The lowest BCUT2D eigenvalue weighted by molar-refractivity contribution is -0.0395. The molecule has 0 bridgehead atoms. The van der Waals surface area contributed by atoms with Crippen LogP contribution < -0.4 is 5.56 Å². The molecule has 2 atom stereocenters. The number of aromatic nitrogens is 4. The molecule has 1 fully saturated rings. The number of aliphatic hydroxyl groups is 1. The van der Waals surface area contributed by atoms with Crippen LogP contribution in [0.4, 0.5) is 0 Å². The summed E-state index contributed by atoms with van der Waals surface area (Å²) in [5.74, 6) is 0. The molecular formula is C29H26N4O3S. The van der Waals surface area contributed by atoms with Crippen molar-refractivity contribution in [3.63, 3.8) is 0 Å². The van der Waals surface area contributed by atoms with E-state index in [1.807, 2.05) is 61.1 Å². The molecule has 186 valence electrons. The zero-order chi connectivity index (χ0) is 25.4. The molecular weight excluding hydrogens is 484 g/mol. The molecule has 0 amide bonds. The Morgan fingerprint density at radius 1 is 1.03 bits per heavy atom. The standard InChI is InChI=1S/C29H26N4O3S/c1-37-27-9-7-19(15-31-27)24-8-6-18(14-30-24)12-20-13-23-28(22-5-3-2-4-21(20)22)32-17-33(29(23)35)25-10-11-36-16-26(25)34/h2-9,13-15,17,25-26,34H,10-12,16H2,1H3/t25-,26-/m0/s1. The van der Waals surface area contributed by atoms with Crippen molar-refractivity contribution in [2.45, 2.75) is 30.0 Å². The van der Waals surface area contributed by atoms with Gasteiger partial charge in [-0.3, -0.25) is 14.3 Å². The van der Waals surface area contributed by atoms with E-state index >= 15 is 0 Å². The molecule has 3 aromatic heterocycles. The van der Waals surface area contributed by atoms with Crippen molar-refractivity contribution in [2.24, 2.45) is 0 Å². The smallest absolute Gasteiger partial charge is 0.261 e. The number of pyridine rings is 2. The van der Waals surface area contributed by atoms with Gasteiger partial charge in [0.2, 0.25) is 0 Å². The topological polar surface area (TPSA) is 90.1 Å². The van der Waals surface area contributed by atoms with Gasteiger partial charge < -0.3 is 9.84 Å². The molecule has 7 nitrogen and oxygen atoms in total. The molecule has 0 unspecified atom stereocenters. The Morgan fingerprint density at radius 2 is 1.89 bits per heavy atom. The summed E-state index contributed by atoms with van der Waals surface area (Å²) in [4.78, 5) is 27.4. The van der Waals surface area contributed by atoms with Crippen molar-refractivity contribution in [3.05, 3.63) is 94.8 Å². The van der Waals surface area contributed by atoms with E-state index in [0.29, 0.717) is 30.4 Å². The number of thioether (sulfide) groups is 1. The van der Waals surface area contributed by atoms with Gasteiger partial charge in [0.25, 0.3) is 5.56 Å². The fourth-order valence-corrected chi connectivity index (χ4v) is 5.40. The van der Waals surface area contributed by atoms with Crippen LogP contribution in [0.2, 0.25) is 0 Å². The zero-order valence-corrected chi connectivity index (χ0v) is 21.2. The van der Waals surface area contributed by atoms with Crippen LogP contribution in [0.1, 0.15) is 23.6 Å². The second kappa shape index (κ2) is 10.0. The van der Waals surface area contributed by atoms with Crippen LogP contribution in [0, 0.1) is 0 Å². The summed E-state index contributed by atoms with van der Waals surface area (Å²) in [6.45, 7) is 0.731. The lowest BCUT2D eigenvalue weighted by Gasteiger charge is -2.29. The molecule has 4 heterocycles. The minimum Gasteiger partial charge on any atom is -0.389 e. The normalized spacial score (nSPS) is 17.9. The molecule has 5 aromatic rings. The van der Waals surface area contributed by atoms with Crippen LogP contribution in [0.15, 0.2) is 83.1 Å². The number of hydrogen-bond acceptors (Lipinski definition) is 7. The molecule has 1 aliphatic rings. The molecule has 1 aliphatic heterocycles. The zero-order valence-electron chi connectivity index (χ0n) is 20.4. The molecule has 0 saturated carbocycles. The van der Waals surface area contributed by atoms with E-state index in [2.05, 4.69) is 27.1 Å². The van der Waals surface area contributed by atoms with Gasteiger partial charge in [-0.05, 0) is 59.9 Å². The largest absolute Gasteiger partial charge is 0.389 e. The summed E-state index contributed by atoms with van der Waals surface area (Å²) < 4.78 is 6.93. The molecule has 1 N–H and O–H groups in total. The number of rotatable bonds is 5. The van der Waals surface area contributed by atoms with E-state index in [0.717, 1.165) is 38.2 Å². The second-order valence-electron chi connectivity index (χ2n) is 9.25. The van der Waals surface area contributed by atoms with Crippen LogP contribution in [0.3, 0.4) is 0 Å². The Bertz CT molecular complexity index is 1630. The maximum atomic E-state index is 13.6. The maximum Gasteiger partial charge on any atom is 0.261 e. The van der Waals surface area contributed by atoms with Gasteiger partial charge in [0.1, 0.15) is 0 Å². The summed E-state index contributed by atoms with van der Waals surface area (Å²) in [6.07, 6.45) is 7.77. The Kier molecular flexibility index (Phi) is 6.46. The van der Waals surface area contributed by atoms with Gasteiger partial charge in [-0.2, -0.15) is 0 Å². The quantitative estimate of drug-likeness (QED) is 0.272. The minimum atomic E-state index is -0.734. The van der Waals surface area contributed by atoms with E-state index in [-0.39, 0.29) is 18.2 Å². The highest BCUT2D eigenvalue weighted by molar-refractivity contribution is 7.98. The van der Waals surface area contributed by atoms with E-state index in [1.54, 1.807) is 22.7 Å². The fraction of sp³-hybridized carbons (Fsp3) is 0.241. The summed E-state index contributed by atoms with van der Waals surface area (Å²) in [6, 6.07) is 17.8. The third kappa shape index (κ3) is 4.52. The van der Waals surface area contributed by atoms with Crippen LogP contribution in [-0.2, 0) is 11.2 Å².